The van der Waals surface area contributed by atoms with E-state index in [0.29, 0.717) is 11.8 Å². The Labute approximate surface area is 115 Å². The molecule has 19 heavy (non-hydrogen) atoms. The number of phenols is 1. The van der Waals surface area contributed by atoms with Gasteiger partial charge in [-0.05, 0) is 68.7 Å². The highest BCUT2D eigenvalue weighted by molar-refractivity contribution is 5.44. The standard InChI is InChI=1S/C17H23NO/c19-17-8-4-7-14-15(17)9-10-16(14)18-12-11-13-5-2-1-3-6-13/h4-5,7-8,16,18-19H,1-3,6,9-12H2. The molecule has 0 aromatic heterocycles. The molecule has 0 fully saturated rings. The van der Waals surface area contributed by atoms with Crippen molar-refractivity contribution in [1.29, 1.82) is 0 Å². The second-order valence-electron chi connectivity index (χ2n) is 5.75. The van der Waals surface area contributed by atoms with E-state index in [1.54, 1.807) is 11.6 Å². The van der Waals surface area contributed by atoms with E-state index in [-0.39, 0.29) is 0 Å². The third-order valence-electron chi connectivity index (χ3n) is 4.47. The number of hydrogen-bond acceptors (Lipinski definition) is 2. The van der Waals surface area contributed by atoms with Gasteiger partial charge in [-0.2, -0.15) is 0 Å². The van der Waals surface area contributed by atoms with Crippen LogP contribution in [0.25, 0.3) is 0 Å². The number of phenolic OH excluding ortho intramolecular Hbond substituents is 1. The van der Waals surface area contributed by atoms with Crippen LogP contribution in [-0.4, -0.2) is 11.7 Å². The zero-order valence-electron chi connectivity index (χ0n) is 11.5. The first-order chi connectivity index (χ1) is 9.34. The molecule has 1 aromatic carbocycles. The molecule has 1 aromatic rings. The van der Waals surface area contributed by atoms with Crippen molar-refractivity contribution in [2.75, 3.05) is 6.54 Å². The van der Waals surface area contributed by atoms with Crippen molar-refractivity contribution < 1.29 is 5.11 Å². The maximum Gasteiger partial charge on any atom is 0.119 e. The number of rotatable bonds is 4. The van der Waals surface area contributed by atoms with Crippen LogP contribution in [0.3, 0.4) is 0 Å². The normalized spacial score (nSPS) is 22.1. The lowest BCUT2D eigenvalue weighted by atomic mass is 9.97. The summed E-state index contributed by atoms with van der Waals surface area (Å²) in [6.07, 6.45) is 11.0. The fourth-order valence-electron chi connectivity index (χ4n) is 3.39. The summed E-state index contributed by atoms with van der Waals surface area (Å²) in [6.45, 7) is 1.06. The van der Waals surface area contributed by atoms with Crippen molar-refractivity contribution in [1.82, 2.24) is 5.32 Å². The fraction of sp³-hybridized carbons (Fsp3) is 0.529. The van der Waals surface area contributed by atoms with E-state index in [0.717, 1.165) is 24.9 Å². The molecule has 2 aliphatic carbocycles. The van der Waals surface area contributed by atoms with Gasteiger partial charge in [0.15, 0.2) is 0 Å². The largest absolute Gasteiger partial charge is 0.508 e. The average molecular weight is 257 g/mol. The Bertz CT molecular complexity index is 478. The predicted octanol–water partition coefficient (Wildman–Crippen LogP) is 3.86. The van der Waals surface area contributed by atoms with Gasteiger partial charge in [-0.15, -0.1) is 0 Å². The molecule has 2 N–H and O–H groups in total. The summed E-state index contributed by atoms with van der Waals surface area (Å²) in [7, 11) is 0. The minimum atomic E-state index is 0.436. The molecule has 1 unspecified atom stereocenters. The van der Waals surface area contributed by atoms with Crippen molar-refractivity contribution in [3.05, 3.63) is 41.0 Å². The first-order valence-corrected chi connectivity index (χ1v) is 7.56. The van der Waals surface area contributed by atoms with E-state index in [1.807, 2.05) is 6.07 Å². The lowest BCUT2D eigenvalue weighted by Gasteiger charge is -2.17. The molecule has 2 heteroatoms. The van der Waals surface area contributed by atoms with Crippen molar-refractivity contribution >= 4 is 0 Å². The van der Waals surface area contributed by atoms with Gasteiger partial charge < -0.3 is 10.4 Å². The molecular weight excluding hydrogens is 234 g/mol. The van der Waals surface area contributed by atoms with Crippen LogP contribution in [0.15, 0.2) is 29.8 Å². The molecule has 102 valence electrons. The zero-order chi connectivity index (χ0) is 13.1. The van der Waals surface area contributed by atoms with Crippen LogP contribution in [0.5, 0.6) is 5.75 Å². The lowest BCUT2D eigenvalue weighted by Crippen LogP contribution is -2.21. The number of benzene rings is 1. The van der Waals surface area contributed by atoms with Crippen molar-refractivity contribution in [2.24, 2.45) is 0 Å². The van der Waals surface area contributed by atoms with Crippen LogP contribution < -0.4 is 5.32 Å². The van der Waals surface area contributed by atoms with Gasteiger partial charge in [-0.3, -0.25) is 0 Å². The lowest BCUT2D eigenvalue weighted by molar-refractivity contribution is 0.469. The van der Waals surface area contributed by atoms with Crippen LogP contribution >= 0.6 is 0 Å². The van der Waals surface area contributed by atoms with Crippen LogP contribution in [-0.2, 0) is 6.42 Å². The van der Waals surface area contributed by atoms with E-state index >= 15 is 0 Å². The first-order valence-electron chi connectivity index (χ1n) is 7.56. The van der Waals surface area contributed by atoms with Gasteiger partial charge in [0.05, 0.1) is 0 Å². The molecule has 0 amide bonds. The van der Waals surface area contributed by atoms with Crippen molar-refractivity contribution in [2.45, 2.75) is 51.0 Å². The predicted molar refractivity (Wildman–Crippen MR) is 78.3 cm³/mol. The minimum Gasteiger partial charge on any atom is -0.508 e. The topological polar surface area (TPSA) is 32.3 Å². The molecular formula is C17H23NO. The van der Waals surface area contributed by atoms with Crippen molar-refractivity contribution in [3.8, 4) is 5.75 Å². The smallest absolute Gasteiger partial charge is 0.119 e. The molecule has 0 saturated carbocycles. The molecule has 0 aliphatic heterocycles. The highest BCUT2D eigenvalue weighted by Crippen LogP contribution is 2.36. The summed E-state index contributed by atoms with van der Waals surface area (Å²) in [5.74, 6) is 0.469. The van der Waals surface area contributed by atoms with Crippen LogP contribution in [0.1, 0.15) is 55.7 Å². The Kier molecular flexibility index (Phi) is 3.88. The van der Waals surface area contributed by atoms with Crippen LogP contribution in [0.4, 0.5) is 0 Å². The monoisotopic (exact) mass is 257 g/mol. The Balaban J connectivity index is 1.55. The number of fused-ring (bicyclic) bond motifs is 1. The first kappa shape index (κ1) is 12.7. The maximum absolute atomic E-state index is 9.84. The third-order valence-corrected chi connectivity index (χ3v) is 4.47. The summed E-state index contributed by atoms with van der Waals surface area (Å²) in [5, 5.41) is 13.5. The maximum atomic E-state index is 9.84. The summed E-state index contributed by atoms with van der Waals surface area (Å²) < 4.78 is 0. The molecule has 0 heterocycles. The summed E-state index contributed by atoms with van der Waals surface area (Å²) >= 11 is 0. The van der Waals surface area contributed by atoms with Gasteiger partial charge in [0, 0.05) is 6.04 Å². The molecule has 0 saturated heterocycles. The molecule has 2 nitrogen and oxygen atoms in total. The van der Waals surface area contributed by atoms with Crippen LogP contribution in [0.2, 0.25) is 0 Å². The van der Waals surface area contributed by atoms with Gasteiger partial charge >= 0.3 is 0 Å². The molecule has 2 aliphatic rings. The van der Waals surface area contributed by atoms with Crippen LogP contribution in [0, 0.1) is 0 Å². The highest BCUT2D eigenvalue weighted by Gasteiger charge is 2.23. The molecule has 0 radical (unpaired) electrons. The number of allylic oxidation sites excluding steroid dienone is 1. The molecule has 0 bridgehead atoms. The van der Waals surface area contributed by atoms with E-state index < -0.39 is 0 Å². The third kappa shape index (κ3) is 2.84. The Morgan fingerprint density at radius 2 is 2.16 bits per heavy atom. The molecule has 1 atom stereocenters. The Morgan fingerprint density at radius 3 is 3.00 bits per heavy atom. The Hall–Kier alpha value is -1.28. The zero-order valence-corrected chi connectivity index (χ0v) is 11.5. The quantitative estimate of drug-likeness (QED) is 0.803. The Morgan fingerprint density at radius 1 is 1.21 bits per heavy atom. The summed E-state index contributed by atoms with van der Waals surface area (Å²) in [4.78, 5) is 0. The van der Waals surface area contributed by atoms with Gasteiger partial charge in [0.25, 0.3) is 0 Å². The molecule has 3 rings (SSSR count). The average Bonchev–Trinajstić information content (AvgIpc) is 2.85. The number of hydrogen-bond donors (Lipinski definition) is 2. The minimum absolute atomic E-state index is 0.436. The van der Waals surface area contributed by atoms with E-state index in [1.165, 1.54) is 37.7 Å². The number of aromatic hydroxyl groups is 1. The second kappa shape index (κ2) is 5.79. The van der Waals surface area contributed by atoms with Gasteiger partial charge in [-0.1, -0.05) is 23.8 Å². The van der Waals surface area contributed by atoms with E-state index in [9.17, 15) is 5.11 Å². The highest BCUT2D eigenvalue weighted by atomic mass is 16.3. The van der Waals surface area contributed by atoms with Gasteiger partial charge in [0.1, 0.15) is 5.75 Å². The SMILES string of the molecule is Oc1cccc2c1CCC2NCCC1=CCCCC1. The summed E-state index contributed by atoms with van der Waals surface area (Å²) in [5.41, 5.74) is 4.09. The number of nitrogens with one attached hydrogen (secondary N) is 1. The second-order valence-corrected chi connectivity index (χ2v) is 5.75. The van der Waals surface area contributed by atoms with Gasteiger partial charge in [0.2, 0.25) is 0 Å². The van der Waals surface area contributed by atoms with Crippen molar-refractivity contribution in [3.63, 3.8) is 0 Å². The van der Waals surface area contributed by atoms with Gasteiger partial charge in [-0.25, -0.2) is 0 Å². The van der Waals surface area contributed by atoms with E-state index in [2.05, 4.69) is 17.5 Å². The summed E-state index contributed by atoms with van der Waals surface area (Å²) in [6, 6.07) is 6.34. The fourth-order valence-corrected chi connectivity index (χ4v) is 3.39. The van der Waals surface area contributed by atoms with E-state index in [4.69, 9.17) is 0 Å². The molecule has 0 spiro atoms.